The van der Waals surface area contributed by atoms with Gasteiger partial charge < -0.3 is 19.5 Å². The summed E-state index contributed by atoms with van der Waals surface area (Å²) < 4.78 is 9.98. The third-order valence-electron chi connectivity index (χ3n) is 1.85. The molecule has 0 aromatic carbocycles. The zero-order chi connectivity index (χ0) is 10.6. The van der Waals surface area contributed by atoms with Gasteiger partial charge in [0.2, 0.25) is 0 Å². The van der Waals surface area contributed by atoms with Crippen molar-refractivity contribution in [1.82, 2.24) is 4.98 Å². The second kappa shape index (κ2) is 5.06. The molecule has 76 valence electrons. The summed E-state index contributed by atoms with van der Waals surface area (Å²) in [4.78, 5) is 3.86. The first-order valence-electron chi connectivity index (χ1n) is 4.06. The van der Waals surface area contributed by atoms with E-state index in [4.69, 9.17) is 19.5 Å². The molecule has 1 heterocycles. The summed E-state index contributed by atoms with van der Waals surface area (Å²) in [5.74, 6) is 0. The first-order valence-corrected chi connectivity index (χ1v) is 4.06. The topological polar surface area (TPSA) is 71.8 Å². The summed E-state index contributed by atoms with van der Waals surface area (Å²) in [6.45, 7) is 0. The Kier molecular flexibility index (Phi) is 4.03. The van der Waals surface area contributed by atoms with Crippen molar-refractivity contribution in [3.05, 3.63) is 24.0 Å². The fourth-order valence-corrected chi connectivity index (χ4v) is 1.20. The summed E-state index contributed by atoms with van der Waals surface area (Å²) in [5.41, 5.74) is 0.834. The number of nitrogens with zero attached hydrogens (tertiary/aromatic N) is 1. The van der Waals surface area contributed by atoms with E-state index in [1.54, 1.807) is 0 Å². The molecule has 0 amide bonds. The lowest BCUT2D eigenvalue weighted by Crippen LogP contribution is -2.34. The van der Waals surface area contributed by atoms with Crippen molar-refractivity contribution in [3.8, 4) is 0 Å². The Morgan fingerprint density at radius 3 is 2.50 bits per heavy atom. The maximum Gasteiger partial charge on any atom is 0.489 e. The van der Waals surface area contributed by atoms with Crippen molar-refractivity contribution >= 4 is 12.6 Å². The number of hydrogen-bond acceptors (Lipinski definition) is 5. The predicted molar refractivity (Wildman–Crippen MR) is 50.8 cm³/mol. The molecule has 0 radical (unpaired) electrons. The Balaban J connectivity index is 3.05. The van der Waals surface area contributed by atoms with Crippen molar-refractivity contribution in [3.63, 3.8) is 0 Å². The standard InChI is InChI=1S/C8H12BNO4/c1-13-8(14-2)6-5-10-4-3-7(6)9(11)12/h3-5,8,11-12H,1-2H3. The van der Waals surface area contributed by atoms with Crippen molar-refractivity contribution in [2.75, 3.05) is 14.2 Å². The molecule has 0 saturated carbocycles. The first-order chi connectivity index (χ1) is 6.70. The van der Waals surface area contributed by atoms with Gasteiger partial charge in [0.15, 0.2) is 6.29 Å². The minimum absolute atomic E-state index is 0.328. The maximum atomic E-state index is 9.06. The monoisotopic (exact) mass is 197 g/mol. The van der Waals surface area contributed by atoms with Crippen LogP contribution in [0.4, 0.5) is 0 Å². The molecule has 14 heavy (non-hydrogen) atoms. The lowest BCUT2D eigenvalue weighted by Gasteiger charge is -2.16. The van der Waals surface area contributed by atoms with Gasteiger partial charge in [0, 0.05) is 32.2 Å². The molecule has 0 saturated heterocycles. The fraction of sp³-hybridized carbons (Fsp3) is 0.375. The molecule has 5 nitrogen and oxygen atoms in total. The van der Waals surface area contributed by atoms with Crippen molar-refractivity contribution in [2.45, 2.75) is 6.29 Å². The highest BCUT2D eigenvalue weighted by Gasteiger charge is 2.21. The summed E-state index contributed by atoms with van der Waals surface area (Å²) in [7, 11) is 1.38. The average molecular weight is 197 g/mol. The van der Waals surface area contributed by atoms with E-state index < -0.39 is 13.4 Å². The summed E-state index contributed by atoms with van der Waals surface area (Å²) >= 11 is 0. The second-order valence-electron chi connectivity index (χ2n) is 2.68. The van der Waals surface area contributed by atoms with Crippen LogP contribution in [0.1, 0.15) is 11.9 Å². The molecule has 0 bridgehead atoms. The number of aromatic nitrogens is 1. The molecule has 0 fully saturated rings. The highest BCUT2D eigenvalue weighted by atomic mass is 16.7. The fourth-order valence-electron chi connectivity index (χ4n) is 1.20. The normalized spacial score (nSPS) is 10.6. The highest BCUT2D eigenvalue weighted by molar-refractivity contribution is 6.59. The minimum Gasteiger partial charge on any atom is -0.423 e. The van der Waals surface area contributed by atoms with E-state index in [0.29, 0.717) is 11.0 Å². The predicted octanol–water partition coefficient (Wildman–Crippen LogP) is -0.947. The maximum absolute atomic E-state index is 9.06. The van der Waals surface area contributed by atoms with Crippen LogP contribution in [0.15, 0.2) is 18.5 Å². The quantitative estimate of drug-likeness (QED) is 0.481. The molecule has 6 heteroatoms. The van der Waals surface area contributed by atoms with Crippen molar-refractivity contribution in [2.24, 2.45) is 0 Å². The van der Waals surface area contributed by atoms with Crippen LogP contribution in [-0.4, -0.2) is 36.4 Å². The number of rotatable bonds is 4. The van der Waals surface area contributed by atoms with E-state index >= 15 is 0 Å². The van der Waals surface area contributed by atoms with Crippen LogP contribution >= 0.6 is 0 Å². The lowest BCUT2D eigenvalue weighted by atomic mass is 9.77. The van der Waals surface area contributed by atoms with Crippen molar-refractivity contribution < 1.29 is 19.5 Å². The van der Waals surface area contributed by atoms with E-state index in [1.165, 1.54) is 32.7 Å². The molecular formula is C8H12BNO4. The Hall–Kier alpha value is -0.945. The number of pyridine rings is 1. The molecule has 0 aliphatic carbocycles. The van der Waals surface area contributed by atoms with E-state index in [-0.39, 0.29) is 0 Å². The largest absolute Gasteiger partial charge is 0.489 e. The molecule has 1 aromatic rings. The van der Waals surface area contributed by atoms with E-state index in [9.17, 15) is 0 Å². The van der Waals surface area contributed by atoms with Crippen molar-refractivity contribution in [1.29, 1.82) is 0 Å². The van der Waals surface area contributed by atoms with Gasteiger partial charge in [-0.3, -0.25) is 4.98 Å². The number of methoxy groups -OCH3 is 2. The molecule has 2 N–H and O–H groups in total. The van der Waals surface area contributed by atoms with Gasteiger partial charge in [-0.15, -0.1) is 0 Å². The number of hydrogen-bond donors (Lipinski definition) is 2. The van der Waals surface area contributed by atoms with Gasteiger partial charge >= 0.3 is 7.12 Å². The first kappa shape index (κ1) is 11.1. The summed E-state index contributed by atoms with van der Waals surface area (Å²) in [5, 5.41) is 18.1. The molecule has 0 spiro atoms. The van der Waals surface area contributed by atoms with Crippen LogP contribution in [-0.2, 0) is 9.47 Å². The third kappa shape index (κ3) is 2.30. The van der Waals surface area contributed by atoms with Crippen LogP contribution in [0.25, 0.3) is 0 Å². The number of ether oxygens (including phenoxy) is 2. The van der Waals surface area contributed by atoms with Crippen LogP contribution in [0.3, 0.4) is 0 Å². The van der Waals surface area contributed by atoms with E-state index in [2.05, 4.69) is 4.98 Å². The molecular weight excluding hydrogens is 185 g/mol. The molecule has 1 rings (SSSR count). The molecule has 1 aromatic heterocycles. The van der Waals surface area contributed by atoms with Crippen LogP contribution in [0.2, 0.25) is 0 Å². The average Bonchev–Trinajstić information content (AvgIpc) is 2.20. The third-order valence-corrected chi connectivity index (χ3v) is 1.85. The Labute approximate surface area is 82.5 Å². The molecule has 0 aliphatic heterocycles. The summed E-state index contributed by atoms with van der Waals surface area (Å²) in [6.07, 6.45) is 2.31. The van der Waals surface area contributed by atoms with Crippen LogP contribution in [0.5, 0.6) is 0 Å². The van der Waals surface area contributed by atoms with Gasteiger partial charge in [-0.25, -0.2) is 0 Å². The second-order valence-corrected chi connectivity index (χ2v) is 2.68. The van der Waals surface area contributed by atoms with Gasteiger partial charge in [0.1, 0.15) is 0 Å². The Bertz CT molecular complexity index is 290. The minimum atomic E-state index is -1.55. The van der Waals surface area contributed by atoms with Gasteiger partial charge in [-0.2, -0.15) is 0 Å². The van der Waals surface area contributed by atoms with E-state index in [1.807, 2.05) is 0 Å². The zero-order valence-corrected chi connectivity index (χ0v) is 8.04. The Morgan fingerprint density at radius 1 is 1.36 bits per heavy atom. The molecule has 0 unspecified atom stereocenters. The smallest absolute Gasteiger partial charge is 0.423 e. The molecule has 0 atom stereocenters. The SMILES string of the molecule is COC(OC)c1cnccc1B(O)O. The lowest BCUT2D eigenvalue weighted by molar-refractivity contribution is -0.105. The molecule has 0 aliphatic rings. The van der Waals surface area contributed by atoms with Gasteiger partial charge in [0.05, 0.1) is 0 Å². The van der Waals surface area contributed by atoms with Gasteiger partial charge in [-0.05, 0) is 11.5 Å². The van der Waals surface area contributed by atoms with E-state index in [0.717, 1.165) is 0 Å². The summed E-state index contributed by atoms with van der Waals surface area (Å²) in [6, 6.07) is 1.50. The van der Waals surface area contributed by atoms with Gasteiger partial charge in [0.25, 0.3) is 0 Å². The van der Waals surface area contributed by atoms with Crippen LogP contribution in [0, 0.1) is 0 Å². The Morgan fingerprint density at radius 2 is 2.00 bits per heavy atom. The van der Waals surface area contributed by atoms with Crippen LogP contribution < -0.4 is 5.46 Å². The zero-order valence-electron chi connectivity index (χ0n) is 8.04. The highest BCUT2D eigenvalue weighted by Crippen LogP contribution is 2.13. The van der Waals surface area contributed by atoms with Gasteiger partial charge in [-0.1, -0.05) is 0 Å².